The first-order valence-corrected chi connectivity index (χ1v) is 6.98. The molecular weight excluding hydrogens is 276 g/mol. The number of aliphatic hydroxyl groups excluding tert-OH is 1. The van der Waals surface area contributed by atoms with Crippen LogP contribution in [0.25, 0.3) is 0 Å². The van der Waals surface area contributed by atoms with Crippen LogP contribution >= 0.6 is 0 Å². The SMILES string of the molecule is CC1(c2ccccc2)O[C@H]2[C@H](O)C[C@@H](C(=O)OO)C[C@H]2O1. The fourth-order valence-electron chi connectivity index (χ4n) is 3.17. The van der Waals surface area contributed by atoms with Gasteiger partial charge in [-0.25, -0.2) is 4.79 Å². The zero-order valence-corrected chi connectivity index (χ0v) is 11.6. The maximum Gasteiger partial charge on any atom is 0.345 e. The van der Waals surface area contributed by atoms with Gasteiger partial charge in [0, 0.05) is 5.56 Å². The van der Waals surface area contributed by atoms with Crippen LogP contribution < -0.4 is 0 Å². The molecule has 2 N–H and O–H groups in total. The summed E-state index contributed by atoms with van der Waals surface area (Å²) in [6, 6.07) is 9.46. The zero-order chi connectivity index (χ0) is 15.0. The lowest BCUT2D eigenvalue weighted by Crippen LogP contribution is -2.44. The van der Waals surface area contributed by atoms with Gasteiger partial charge >= 0.3 is 5.97 Å². The molecule has 2 aliphatic rings. The Bertz CT molecular complexity index is 518. The van der Waals surface area contributed by atoms with E-state index in [0.29, 0.717) is 6.42 Å². The van der Waals surface area contributed by atoms with Gasteiger partial charge in [0.05, 0.1) is 18.1 Å². The van der Waals surface area contributed by atoms with E-state index < -0.39 is 36.0 Å². The number of carbonyl (C=O) groups excluding carboxylic acids is 1. The molecule has 2 fully saturated rings. The van der Waals surface area contributed by atoms with Crippen LogP contribution in [0.15, 0.2) is 30.3 Å². The third-order valence-corrected chi connectivity index (χ3v) is 4.25. The molecule has 0 spiro atoms. The van der Waals surface area contributed by atoms with E-state index in [-0.39, 0.29) is 6.42 Å². The number of hydrogen-bond donors (Lipinski definition) is 2. The van der Waals surface area contributed by atoms with Crippen molar-refractivity contribution in [2.75, 3.05) is 0 Å². The molecule has 0 amide bonds. The van der Waals surface area contributed by atoms with Gasteiger partial charge in [-0.15, -0.1) is 0 Å². The number of benzene rings is 1. The quantitative estimate of drug-likeness (QED) is 0.634. The molecule has 3 rings (SSSR count). The fraction of sp³-hybridized carbons (Fsp3) is 0.533. The number of carbonyl (C=O) groups is 1. The normalized spacial score (nSPS) is 38.8. The Morgan fingerprint density at radius 2 is 2.00 bits per heavy atom. The summed E-state index contributed by atoms with van der Waals surface area (Å²) in [6.07, 6.45) is -1.20. The molecule has 114 valence electrons. The van der Waals surface area contributed by atoms with E-state index in [1.54, 1.807) is 6.92 Å². The molecule has 1 aromatic carbocycles. The molecule has 6 nitrogen and oxygen atoms in total. The van der Waals surface area contributed by atoms with Gasteiger partial charge in [0.25, 0.3) is 0 Å². The van der Waals surface area contributed by atoms with Gasteiger partial charge in [-0.3, -0.25) is 0 Å². The Kier molecular flexibility index (Phi) is 3.71. The van der Waals surface area contributed by atoms with Crippen LogP contribution in [0.4, 0.5) is 0 Å². The number of aliphatic hydroxyl groups is 1. The smallest absolute Gasteiger partial charge is 0.345 e. The number of hydrogen-bond acceptors (Lipinski definition) is 6. The molecule has 0 aromatic heterocycles. The minimum Gasteiger partial charge on any atom is -0.390 e. The van der Waals surface area contributed by atoms with Gasteiger partial charge in [0.15, 0.2) is 5.79 Å². The topological polar surface area (TPSA) is 85.2 Å². The first kappa shape index (κ1) is 14.5. The molecular formula is C15H18O6. The second-order valence-electron chi connectivity index (χ2n) is 5.70. The largest absolute Gasteiger partial charge is 0.390 e. The number of fused-ring (bicyclic) bond motifs is 1. The Balaban J connectivity index is 1.80. The van der Waals surface area contributed by atoms with Crippen molar-refractivity contribution in [3.8, 4) is 0 Å². The average Bonchev–Trinajstić information content (AvgIpc) is 2.86. The maximum absolute atomic E-state index is 11.5. The number of ether oxygens (including phenoxy) is 2. The molecule has 1 saturated carbocycles. The van der Waals surface area contributed by atoms with E-state index in [2.05, 4.69) is 4.89 Å². The van der Waals surface area contributed by atoms with Crippen molar-refractivity contribution in [2.45, 2.75) is 43.9 Å². The van der Waals surface area contributed by atoms with Gasteiger partial charge in [-0.1, -0.05) is 30.3 Å². The molecule has 1 aromatic rings. The standard InChI is InChI=1S/C15H18O6/c1-15(10-5-3-2-4-6-10)19-12-8-9(14(17)21-18)7-11(16)13(12)20-15/h2-6,9,11-13,16,18H,7-8H2,1H3/t9-,11-,12-,13+,15?/m1/s1. The Morgan fingerprint density at radius 1 is 1.29 bits per heavy atom. The second-order valence-corrected chi connectivity index (χ2v) is 5.70. The summed E-state index contributed by atoms with van der Waals surface area (Å²) in [6.45, 7) is 1.80. The highest BCUT2D eigenvalue weighted by atomic mass is 17.1. The monoisotopic (exact) mass is 294 g/mol. The highest BCUT2D eigenvalue weighted by molar-refractivity contribution is 5.72. The van der Waals surface area contributed by atoms with Crippen LogP contribution in [0.5, 0.6) is 0 Å². The van der Waals surface area contributed by atoms with Crippen molar-refractivity contribution in [3.63, 3.8) is 0 Å². The van der Waals surface area contributed by atoms with Crippen molar-refractivity contribution in [2.24, 2.45) is 5.92 Å². The highest BCUT2D eigenvalue weighted by Crippen LogP contribution is 2.44. The minimum atomic E-state index is -0.949. The Hall–Kier alpha value is -1.47. The fourth-order valence-corrected chi connectivity index (χ4v) is 3.17. The average molecular weight is 294 g/mol. The van der Waals surface area contributed by atoms with E-state index in [9.17, 15) is 9.90 Å². The van der Waals surface area contributed by atoms with Gasteiger partial charge in [0.1, 0.15) is 6.10 Å². The van der Waals surface area contributed by atoms with Gasteiger partial charge in [-0.05, 0) is 19.8 Å². The summed E-state index contributed by atoms with van der Waals surface area (Å²) in [5.74, 6) is -2.28. The predicted molar refractivity (Wildman–Crippen MR) is 71.0 cm³/mol. The van der Waals surface area contributed by atoms with E-state index >= 15 is 0 Å². The molecule has 0 bridgehead atoms. The van der Waals surface area contributed by atoms with Gasteiger partial charge in [0.2, 0.25) is 0 Å². The van der Waals surface area contributed by atoms with E-state index in [0.717, 1.165) is 5.56 Å². The lowest BCUT2D eigenvalue weighted by molar-refractivity contribution is -0.242. The van der Waals surface area contributed by atoms with Crippen LogP contribution in [0.2, 0.25) is 0 Å². The summed E-state index contributed by atoms with van der Waals surface area (Å²) in [5.41, 5.74) is 0.855. The Labute approximate surface area is 122 Å². The third kappa shape index (κ3) is 2.55. The summed E-state index contributed by atoms with van der Waals surface area (Å²) in [7, 11) is 0. The van der Waals surface area contributed by atoms with Crippen LogP contribution in [-0.4, -0.2) is 34.6 Å². The van der Waals surface area contributed by atoms with E-state index in [4.69, 9.17) is 14.7 Å². The summed E-state index contributed by atoms with van der Waals surface area (Å²) in [4.78, 5) is 15.2. The summed E-state index contributed by atoms with van der Waals surface area (Å²) in [5, 5.41) is 18.7. The highest BCUT2D eigenvalue weighted by Gasteiger charge is 2.52. The van der Waals surface area contributed by atoms with Crippen molar-refractivity contribution < 1.29 is 29.5 Å². The minimum absolute atomic E-state index is 0.189. The van der Waals surface area contributed by atoms with Crippen LogP contribution in [0.1, 0.15) is 25.3 Å². The molecule has 1 heterocycles. The van der Waals surface area contributed by atoms with Crippen LogP contribution in [0.3, 0.4) is 0 Å². The molecule has 1 aliphatic heterocycles. The van der Waals surface area contributed by atoms with Crippen LogP contribution in [0, 0.1) is 5.92 Å². The van der Waals surface area contributed by atoms with Crippen molar-refractivity contribution in [1.82, 2.24) is 0 Å². The van der Waals surface area contributed by atoms with Gasteiger partial charge < -0.3 is 19.5 Å². The first-order chi connectivity index (χ1) is 10.0. The molecule has 0 radical (unpaired) electrons. The lowest BCUT2D eigenvalue weighted by Gasteiger charge is -2.31. The maximum atomic E-state index is 11.5. The lowest BCUT2D eigenvalue weighted by atomic mass is 9.83. The molecule has 1 saturated heterocycles. The molecule has 6 heteroatoms. The van der Waals surface area contributed by atoms with Crippen molar-refractivity contribution in [1.29, 1.82) is 0 Å². The second kappa shape index (κ2) is 5.38. The Morgan fingerprint density at radius 3 is 2.67 bits per heavy atom. The zero-order valence-electron chi connectivity index (χ0n) is 11.6. The van der Waals surface area contributed by atoms with Crippen molar-refractivity contribution >= 4 is 5.97 Å². The predicted octanol–water partition coefficient (Wildman–Crippen LogP) is 1.43. The third-order valence-electron chi connectivity index (χ3n) is 4.25. The first-order valence-electron chi connectivity index (χ1n) is 6.98. The molecule has 1 unspecified atom stereocenters. The van der Waals surface area contributed by atoms with E-state index in [1.165, 1.54) is 0 Å². The molecule has 1 aliphatic carbocycles. The number of rotatable bonds is 2. The van der Waals surface area contributed by atoms with Crippen LogP contribution in [-0.2, 0) is 24.9 Å². The summed E-state index contributed by atoms with van der Waals surface area (Å²) < 4.78 is 11.9. The van der Waals surface area contributed by atoms with E-state index in [1.807, 2.05) is 30.3 Å². The molecule has 5 atom stereocenters. The molecule has 21 heavy (non-hydrogen) atoms. The van der Waals surface area contributed by atoms with Gasteiger partial charge in [-0.2, -0.15) is 5.26 Å². The summed E-state index contributed by atoms with van der Waals surface area (Å²) >= 11 is 0. The van der Waals surface area contributed by atoms with Crippen molar-refractivity contribution in [3.05, 3.63) is 35.9 Å².